The number of aryl methyl sites for hydroxylation is 1. The van der Waals surface area contributed by atoms with Crippen molar-refractivity contribution in [3.63, 3.8) is 0 Å². The van der Waals surface area contributed by atoms with Gasteiger partial charge in [-0.3, -0.25) is 14.4 Å². The van der Waals surface area contributed by atoms with Crippen molar-refractivity contribution >= 4 is 11.9 Å². The van der Waals surface area contributed by atoms with Crippen molar-refractivity contribution in [2.45, 2.75) is 13.3 Å². The minimum Gasteiger partial charge on any atom is -0.493 e. The number of aromatic amines is 1. The van der Waals surface area contributed by atoms with Crippen LogP contribution in [0.15, 0.2) is 41.3 Å². The molecule has 3 heterocycles. The highest BCUT2D eigenvalue weighted by atomic mass is 16.5. The van der Waals surface area contributed by atoms with E-state index in [0.29, 0.717) is 11.4 Å². The van der Waals surface area contributed by atoms with E-state index < -0.39 is 17.3 Å². The lowest BCUT2D eigenvalue weighted by Crippen LogP contribution is -2.42. The number of likely N-dealkylation sites (tertiary alicyclic amines) is 1. The molecule has 27 heavy (non-hydrogen) atoms. The van der Waals surface area contributed by atoms with E-state index in [1.807, 2.05) is 24.3 Å². The molecule has 2 aliphatic heterocycles. The molecule has 1 aromatic heterocycles. The van der Waals surface area contributed by atoms with Crippen molar-refractivity contribution in [2.24, 2.45) is 11.3 Å². The number of nitrogens with one attached hydrogen (secondary N) is 1. The summed E-state index contributed by atoms with van der Waals surface area (Å²) in [4.78, 5) is 41.7. The molecule has 0 bridgehead atoms. The second kappa shape index (κ2) is 6.26. The third-order valence-corrected chi connectivity index (χ3v) is 5.61. The quantitative estimate of drug-likeness (QED) is 0.836. The van der Waals surface area contributed by atoms with E-state index in [0.717, 1.165) is 5.56 Å². The molecule has 0 spiro atoms. The van der Waals surface area contributed by atoms with Gasteiger partial charge >= 0.3 is 5.97 Å². The molecule has 1 saturated heterocycles. The average molecular weight is 368 g/mol. The molecule has 7 nitrogen and oxygen atoms in total. The third-order valence-electron chi connectivity index (χ3n) is 5.61. The summed E-state index contributed by atoms with van der Waals surface area (Å²) in [6, 6.07) is 8.76. The summed E-state index contributed by atoms with van der Waals surface area (Å²) in [5.41, 5.74) is 0.0213. The maximum Gasteiger partial charge on any atom is 0.312 e. The van der Waals surface area contributed by atoms with E-state index in [-0.39, 0.29) is 43.0 Å². The smallest absolute Gasteiger partial charge is 0.312 e. The highest BCUT2D eigenvalue weighted by Gasteiger charge is 2.55. The summed E-state index contributed by atoms with van der Waals surface area (Å²) in [5.74, 6) is -1.05. The van der Waals surface area contributed by atoms with Crippen LogP contribution in [0.1, 0.15) is 21.6 Å². The Kier molecular flexibility index (Phi) is 4.02. The van der Waals surface area contributed by atoms with Crippen molar-refractivity contribution in [3.8, 4) is 5.75 Å². The molecule has 1 amide bonds. The number of fused-ring (bicyclic) bond motifs is 2. The molecule has 0 radical (unpaired) electrons. The van der Waals surface area contributed by atoms with Crippen molar-refractivity contribution < 1.29 is 19.4 Å². The van der Waals surface area contributed by atoms with Crippen LogP contribution in [0.3, 0.4) is 0 Å². The van der Waals surface area contributed by atoms with Gasteiger partial charge < -0.3 is 19.7 Å². The van der Waals surface area contributed by atoms with Crippen LogP contribution < -0.4 is 10.2 Å². The number of carboxylic acid groups (broad SMARTS) is 1. The molecule has 2 aliphatic rings. The van der Waals surface area contributed by atoms with E-state index in [1.54, 1.807) is 6.92 Å². The van der Waals surface area contributed by atoms with Gasteiger partial charge in [0.2, 0.25) is 0 Å². The molecular formula is C20H20N2O5. The maximum absolute atomic E-state index is 12.9. The Hall–Kier alpha value is -3.09. The zero-order valence-electron chi connectivity index (χ0n) is 14.9. The highest BCUT2D eigenvalue weighted by molar-refractivity contribution is 5.95. The Bertz CT molecular complexity index is 982. The Morgan fingerprint density at radius 2 is 2.11 bits per heavy atom. The largest absolute Gasteiger partial charge is 0.493 e. The van der Waals surface area contributed by atoms with E-state index >= 15 is 0 Å². The molecular weight excluding hydrogens is 348 g/mol. The van der Waals surface area contributed by atoms with Gasteiger partial charge in [-0.2, -0.15) is 0 Å². The molecule has 140 valence electrons. The van der Waals surface area contributed by atoms with Crippen LogP contribution in [0.4, 0.5) is 0 Å². The summed E-state index contributed by atoms with van der Waals surface area (Å²) < 4.78 is 5.84. The molecule has 0 aliphatic carbocycles. The van der Waals surface area contributed by atoms with E-state index in [4.69, 9.17) is 4.74 Å². The van der Waals surface area contributed by atoms with Crippen LogP contribution in [-0.4, -0.2) is 46.6 Å². The summed E-state index contributed by atoms with van der Waals surface area (Å²) >= 11 is 0. The average Bonchev–Trinajstić information content (AvgIpc) is 2.92. The second-order valence-corrected chi connectivity index (χ2v) is 7.33. The monoisotopic (exact) mass is 368 g/mol. The topological polar surface area (TPSA) is 99.7 Å². The van der Waals surface area contributed by atoms with E-state index in [1.165, 1.54) is 17.2 Å². The number of carboxylic acids is 1. The Balaban J connectivity index is 1.68. The minimum absolute atomic E-state index is 0.0268. The van der Waals surface area contributed by atoms with Gasteiger partial charge in [0, 0.05) is 37.0 Å². The molecule has 2 atom stereocenters. The molecule has 4 rings (SSSR count). The molecule has 1 aromatic carbocycles. The number of aromatic nitrogens is 1. The summed E-state index contributed by atoms with van der Waals surface area (Å²) in [6.45, 7) is 2.25. The Labute approximate surface area is 155 Å². The molecule has 1 unspecified atom stereocenters. The van der Waals surface area contributed by atoms with Crippen LogP contribution in [0.2, 0.25) is 0 Å². The number of rotatable bonds is 2. The van der Waals surface area contributed by atoms with Crippen LogP contribution in [0.25, 0.3) is 0 Å². The molecule has 7 heteroatoms. The first-order valence-electron chi connectivity index (χ1n) is 8.83. The van der Waals surface area contributed by atoms with Gasteiger partial charge in [-0.15, -0.1) is 0 Å². The van der Waals surface area contributed by atoms with Gasteiger partial charge in [-0.05, 0) is 25.0 Å². The lowest BCUT2D eigenvalue weighted by molar-refractivity contribution is -0.150. The second-order valence-electron chi connectivity index (χ2n) is 7.33. The highest BCUT2D eigenvalue weighted by Crippen LogP contribution is 2.44. The summed E-state index contributed by atoms with van der Waals surface area (Å²) in [5, 5.41) is 10.0. The zero-order valence-corrected chi connectivity index (χ0v) is 14.9. The van der Waals surface area contributed by atoms with Gasteiger partial charge in [0.15, 0.2) is 5.43 Å². The SMILES string of the molecule is Cc1cc(=O)c(C(=O)N2CC3COc4ccccc4C[C@@]3(C(=O)O)C2)c[nH]1. The first-order valence-corrected chi connectivity index (χ1v) is 8.83. The Morgan fingerprint density at radius 3 is 2.85 bits per heavy atom. The lowest BCUT2D eigenvalue weighted by atomic mass is 9.74. The number of carbonyl (C=O) groups excluding carboxylic acids is 1. The number of nitrogens with zero attached hydrogens (tertiary/aromatic N) is 1. The number of aliphatic carboxylic acids is 1. The van der Waals surface area contributed by atoms with Gasteiger partial charge in [-0.25, -0.2) is 0 Å². The van der Waals surface area contributed by atoms with Gasteiger partial charge in [0.25, 0.3) is 5.91 Å². The van der Waals surface area contributed by atoms with Crippen LogP contribution in [0.5, 0.6) is 5.75 Å². The number of ether oxygens (including phenoxy) is 1. The fraction of sp³-hybridized carbons (Fsp3) is 0.350. The fourth-order valence-electron chi connectivity index (χ4n) is 4.09. The van der Waals surface area contributed by atoms with Crippen molar-refractivity contribution in [2.75, 3.05) is 19.7 Å². The summed E-state index contributed by atoms with van der Waals surface area (Å²) in [7, 11) is 0. The fourth-order valence-corrected chi connectivity index (χ4v) is 4.09. The minimum atomic E-state index is -1.13. The molecule has 0 saturated carbocycles. The number of hydrogen-bond donors (Lipinski definition) is 2. The number of para-hydroxylation sites is 1. The number of hydrogen-bond acceptors (Lipinski definition) is 4. The molecule has 1 fully saturated rings. The summed E-state index contributed by atoms with van der Waals surface area (Å²) in [6.07, 6.45) is 1.69. The first-order chi connectivity index (χ1) is 12.9. The van der Waals surface area contributed by atoms with E-state index in [9.17, 15) is 19.5 Å². The van der Waals surface area contributed by atoms with Gasteiger partial charge in [0.05, 0.1) is 12.0 Å². The van der Waals surface area contributed by atoms with E-state index in [2.05, 4.69) is 4.98 Å². The maximum atomic E-state index is 12.9. The first kappa shape index (κ1) is 17.3. The van der Waals surface area contributed by atoms with Crippen molar-refractivity contribution in [3.05, 3.63) is 63.6 Å². The predicted octanol–water partition coefficient (Wildman–Crippen LogP) is 1.46. The predicted molar refractivity (Wildman–Crippen MR) is 96.9 cm³/mol. The molecule has 2 N–H and O–H groups in total. The van der Waals surface area contributed by atoms with Gasteiger partial charge in [0.1, 0.15) is 11.3 Å². The standard InChI is InChI=1S/C20H20N2O5/c1-12-6-16(23)15(8-21-12)18(24)22-9-14-10-27-17-5-3-2-4-13(17)7-20(14,11-22)19(25)26/h2-6,8,14H,7,9-11H2,1H3,(H,21,23)(H,25,26)/t14?,20-/m1/s1. The zero-order chi connectivity index (χ0) is 19.2. The number of benzene rings is 1. The number of amides is 1. The van der Waals surface area contributed by atoms with Crippen molar-refractivity contribution in [1.82, 2.24) is 9.88 Å². The van der Waals surface area contributed by atoms with Crippen molar-refractivity contribution in [1.29, 1.82) is 0 Å². The van der Waals surface area contributed by atoms with Crippen LogP contribution in [0, 0.1) is 18.3 Å². The lowest BCUT2D eigenvalue weighted by Gasteiger charge is -2.27. The normalized spacial score (nSPS) is 23.7. The molecule has 2 aromatic rings. The van der Waals surface area contributed by atoms with Crippen LogP contribution >= 0.6 is 0 Å². The number of H-pyrrole nitrogens is 1. The van der Waals surface area contributed by atoms with Crippen LogP contribution in [-0.2, 0) is 11.2 Å². The Morgan fingerprint density at radius 1 is 1.33 bits per heavy atom. The number of carbonyl (C=O) groups is 2. The third kappa shape index (κ3) is 2.79. The van der Waals surface area contributed by atoms with Gasteiger partial charge in [-0.1, -0.05) is 18.2 Å². The number of pyridine rings is 1.